The van der Waals surface area contributed by atoms with Gasteiger partial charge in [-0.25, -0.2) is 8.78 Å². The summed E-state index contributed by atoms with van der Waals surface area (Å²) in [5, 5.41) is 0. The first-order valence-corrected chi connectivity index (χ1v) is 3.16. The van der Waals surface area contributed by atoms with Crippen LogP contribution in [0.15, 0.2) is 18.5 Å². The molecule has 1 heterocycles. The number of hydrogen-bond donors (Lipinski definition) is 1. The average molecular weight is 158 g/mol. The Kier molecular flexibility index (Phi) is 2.36. The number of nitrogen functional groups attached to an aromatic ring is 1. The van der Waals surface area contributed by atoms with Crippen molar-refractivity contribution in [3.05, 3.63) is 24.0 Å². The Morgan fingerprint density at radius 2 is 2.27 bits per heavy atom. The molecule has 4 heteroatoms. The van der Waals surface area contributed by atoms with Crippen LogP contribution >= 0.6 is 0 Å². The highest BCUT2D eigenvalue weighted by Crippen LogP contribution is 2.12. The lowest BCUT2D eigenvalue weighted by Gasteiger charge is -2.01. The second kappa shape index (κ2) is 3.27. The van der Waals surface area contributed by atoms with Gasteiger partial charge in [0.15, 0.2) is 0 Å². The lowest BCUT2D eigenvalue weighted by molar-refractivity contribution is 0.149. The molecule has 0 atom stereocenters. The van der Waals surface area contributed by atoms with E-state index in [0.29, 0.717) is 11.3 Å². The first kappa shape index (κ1) is 7.91. The monoisotopic (exact) mass is 158 g/mol. The average Bonchev–Trinajstić information content (AvgIpc) is 1.93. The first-order chi connectivity index (χ1) is 5.20. The van der Waals surface area contributed by atoms with E-state index in [1.165, 1.54) is 18.5 Å². The van der Waals surface area contributed by atoms with E-state index in [1.54, 1.807) is 0 Å². The second-order valence-electron chi connectivity index (χ2n) is 2.17. The molecular formula is C7H8F2N2. The van der Waals surface area contributed by atoms with Gasteiger partial charge in [0.25, 0.3) is 0 Å². The van der Waals surface area contributed by atoms with Gasteiger partial charge in [0.05, 0.1) is 0 Å². The summed E-state index contributed by atoms with van der Waals surface area (Å²) < 4.78 is 23.6. The molecule has 1 aromatic rings. The largest absolute Gasteiger partial charge is 0.398 e. The number of aromatic nitrogens is 1. The molecule has 0 spiro atoms. The van der Waals surface area contributed by atoms with E-state index in [-0.39, 0.29) is 6.42 Å². The van der Waals surface area contributed by atoms with Gasteiger partial charge in [0, 0.05) is 24.5 Å². The van der Waals surface area contributed by atoms with E-state index in [9.17, 15) is 8.78 Å². The van der Waals surface area contributed by atoms with Gasteiger partial charge >= 0.3 is 0 Å². The van der Waals surface area contributed by atoms with E-state index in [2.05, 4.69) is 4.98 Å². The lowest BCUT2D eigenvalue weighted by Crippen LogP contribution is -2.01. The van der Waals surface area contributed by atoms with Crippen LogP contribution in [-0.2, 0) is 6.42 Å². The molecule has 0 unspecified atom stereocenters. The zero-order valence-electron chi connectivity index (χ0n) is 5.80. The third kappa shape index (κ3) is 2.14. The Balaban J connectivity index is 2.78. The summed E-state index contributed by atoms with van der Waals surface area (Å²) in [5.41, 5.74) is 6.18. The van der Waals surface area contributed by atoms with Gasteiger partial charge in [-0.05, 0) is 11.6 Å². The molecule has 0 saturated carbocycles. The summed E-state index contributed by atoms with van der Waals surface area (Å²) in [5.74, 6) is 0. The van der Waals surface area contributed by atoms with Crippen molar-refractivity contribution in [2.24, 2.45) is 0 Å². The third-order valence-electron chi connectivity index (χ3n) is 1.32. The van der Waals surface area contributed by atoms with Crippen molar-refractivity contribution in [1.82, 2.24) is 4.98 Å². The zero-order chi connectivity index (χ0) is 8.27. The first-order valence-electron chi connectivity index (χ1n) is 3.16. The fourth-order valence-corrected chi connectivity index (χ4v) is 0.775. The quantitative estimate of drug-likeness (QED) is 0.707. The molecule has 1 rings (SSSR count). The van der Waals surface area contributed by atoms with Crippen LogP contribution in [0.3, 0.4) is 0 Å². The van der Waals surface area contributed by atoms with Crippen LogP contribution in [0.25, 0.3) is 0 Å². The molecule has 0 bridgehead atoms. The SMILES string of the molecule is Nc1ccncc1CC(F)F. The van der Waals surface area contributed by atoms with Gasteiger partial charge in [-0.15, -0.1) is 0 Å². The van der Waals surface area contributed by atoms with E-state index in [4.69, 9.17) is 5.73 Å². The molecule has 0 aliphatic rings. The summed E-state index contributed by atoms with van der Waals surface area (Å²) >= 11 is 0. The molecule has 1 aromatic heterocycles. The molecule has 0 fully saturated rings. The van der Waals surface area contributed by atoms with Crippen molar-refractivity contribution < 1.29 is 8.78 Å². The number of pyridine rings is 1. The van der Waals surface area contributed by atoms with Crippen LogP contribution in [0.1, 0.15) is 5.56 Å². The van der Waals surface area contributed by atoms with Gasteiger partial charge in [-0.3, -0.25) is 4.98 Å². The van der Waals surface area contributed by atoms with E-state index in [0.717, 1.165) is 0 Å². The van der Waals surface area contributed by atoms with Crippen molar-refractivity contribution >= 4 is 5.69 Å². The summed E-state index contributed by atoms with van der Waals surface area (Å²) in [6.45, 7) is 0. The number of nitrogens with two attached hydrogens (primary N) is 1. The molecule has 0 aromatic carbocycles. The normalized spacial score (nSPS) is 10.5. The third-order valence-corrected chi connectivity index (χ3v) is 1.32. The lowest BCUT2D eigenvalue weighted by atomic mass is 10.2. The fourth-order valence-electron chi connectivity index (χ4n) is 0.775. The van der Waals surface area contributed by atoms with Gasteiger partial charge < -0.3 is 5.73 Å². The molecule has 0 amide bonds. The molecule has 0 radical (unpaired) electrons. The smallest absolute Gasteiger partial charge is 0.242 e. The summed E-state index contributed by atoms with van der Waals surface area (Å²) in [7, 11) is 0. The summed E-state index contributed by atoms with van der Waals surface area (Å²) in [6, 6.07) is 1.51. The molecule has 11 heavy (non-hydrogen) atoms. The highest BCUT2D eigenvalue weighted by Gasteiger charge is 2.06. The van der Waals surface area contributed by atoms with Gasteiger partial charge in [-0.1, -0.05) is 0 Å². The Bertz CT molecular complexity index is 238. The number of alkyl halides is 2. The Morgan fingerprint density at radius 1 is 1.55 bits per heavy atom. The predicted molar refractivity (Wildman–Crippen MR) is 38.4 cm³/mol. The van der Waals surface area contributed by atoms with Crippen LogP contribution in [0.2, 0.25) is 0 Å². The molecule has 0 aliphatic carbocycles. The maximum atomic E-state index is 11.8. The van der Waals surface area contributed by atoms with Crippen LogP contribution in [-0.4, -0.2) is 11.4 Å². The maximum absolute atomic E-state index is 11.8. The van der Waals surface area contributed by atoms with E-state index in [1.807, 2.05) is 0 Å². The molecular weight excluding hydrogens is 150 g/mol. The minimum Gasteiger partial charge on any atom is -0.398 e. The molecule has 0 saturated heterocycles. The molecule has 0 aliphatic heterocycles. The molecule has 2 nitrogen and oxygen atoms in total. The minimum atomic E-state index is -2.36. The zero-order valence-corrected chi connectivity index (χ0v) is 5.80. The number of anilines is 1. The van der Waals surface area contributed by atoms with Crippen molar-refractivity contribution in [1.29, 1.82) is 0 Å². The minimum absolute atomic E-state index is 0.320. The van der Waals surface area contributed by atoms with Crippen molar-refractivity contribution in [2.75, 3.05) is 5.73 Å². The maximum Gasteiger partial charge on any atom is 0.242 e. The summed E-state index contributed by atoms with van der Waals surface area (Å²) in [4.78, 5) is 3.69. The number of nitrogens with zero attached hydrogens (tertiary/aromatic N) is 1. The number of halogens is 2. The van der Waals surface area contributed by atoms with Crippen LogP contribution in [0.5, 0.6) is 0 Å². The molecule has 60 valence electrons. The topological polar surface area (TPSA) is 38.9 Å². The summed E-state index contributed by atoms with van der Waals surface area (Å²) in [6.07, 6.45) is 0.160. The predicted octanol–water partition coefficient (Wildman–Crippen LogP) is 1.47. The molecule has 2 N–H and O–H groups in total. The van der Waals surface area contributed by atoms with Crippen LogP contribution in [0, 0.1) is 0 Å². The van der Waals surface area contributed by atoms with E-state index < -0.39 is 6.43 Å². The van der Waals surface area contributed by atoms with Crippen molar-refractivity contribution in [2.45, 2.75) is 12.8 Å². The Hall–Kier alpha value is -1.19. The second-order valence-corrected chi connectivity index (χ2v) is 2.17. The number of hydrogen-bond acceptors (Lipinski definition) is 2. The van der Waals surface area contributed by atoms with Gasteiger partial charge in [-0.2, -0.15) is 0 Å². The van der Waals surface area contributed by atoms with Crippen LogP contribution < -0.4 is 5.73 Å². The van der Waals surface area contributed by atoms with Crippen molar-refractivity contribution in [3.8, 4) is 0 Å². The van der Waals surface area contributed by atoms with Gasteiger partial charge in [0.2, 0.25) is 6.43 Å². The van der Waals surface area contributed by atoms with E-state index >= 15 is 0 Å². The fraction of sp³-hybridized carbons (Fsp3) is 0.286. The Morgan fingerprint density at radius 3 is 2.82 bits per heavy atom. The Labute approximate surface area is 63.1 Å². The highest BCUT2D eigenvalue weighted by molar-refractivity contribution is 5.44. The highest BCUT2D eigenvalue weighted by atomic mass is 19.3. The van der Waals surface area contributed by atoms with Gasteiger partial charge in [0.1, 0.15) is 0 Å². The standard InChI is InChI=1S/C7H8F2N2/c8-7(9)3-5-4-11-2-1-6(5)10/h1-2,4,7H,3H2,(H2,10,11). The number of rotatable bonds is 2. The van der Waals surface area contributed by atoms with Crippen LogP contribution in [0.4, 0.5) is 14.5 Å². The van der Waals surface area contributed by atoms with Crippen molar-refractivity contribution in [3.63, 3.8) is 0 Å².